The monoisotopic (exact) mass is 306 g/mol. The lowest BCUT2D eigenvalue weighted by Gasteiger charge is -2.22. The van der Waals surface area contributed by atoms with Gasteiger partial charge < -0.3 is 10.2 Å². The lowest BCUT2D eigenvalue weighted by Crippen LogP contribution is -2.44. The number of carbonyl (C=O) groups excluding carboxylic acids is 2. The highest BCUT2D eigenvalue weighted by Gasteiger charge is 2.33. The Morgan fingerprint density at radius 3 is 2.81 bits per heavy atom. The van der Waals surface area contributed by atoms with Crippen molar-refractivity contribution in [3.05, 3.63) is 35.9 Å². The molecule has 1 fully saturated rings. The van der Waals surface area contributed by atoms with Crippen molar-refractivity contribution in [2.75, 3.05) is 19.3 Å². The molecular weight excluding hydrogens is 284 g/mol. The Labute approximate surface area is 130 Å². The van der Waals surface area contributed by atoms with Crippen LogP contribution in [0.5, 0.6) is 0 Å². The van der Waals surface area contributed by atoms with Crippen LogP contribution >= 0.6 is 11.8 Å². The zero-order chi connectivity index (χ0) is 15.1. The van der Waals surface area contributed by atoms with Gasteiger partial charge in [-0.3, -0.25) is 4.79 Å². The smallest absolute Gasteiger partial charge is 0.317 e. The van der Waals surface area contributed by atoms with Crippen LogP contribution in [-0.4, -0.2) is 41.4 Å². The zero-order valence-corrected chi connectivity index (χ0v) is 13.2. The van der Waals surface area contributed by atoms with Gasteiger partial charge in [0, 0.05) is 19.3 Å². The first-order valence-electron chi connectivity index (χ1n) is 7.41. The van der Waals surface area contributed by atoms with E-state index in [0.717, 1.165) is 31.4 Å². The van der Waals surface area contributed by atoms with Gasteiger partial charge in [0.25, 0.3) is 0 Å². The van der Waals surface area contributed by atoms with Gasteiger partial charge >= 0.3 is 6.03 Å². The molecule has 1 aliphatic heterocycles. The van der Waals surface area contributed by atoms with Gasteiger partial charge in [-0.15, -0.1) is 0 Å². The molecule has 1 heterocycles. The predicted molar refractivity (Wildman–Crippen MR) is 86.4 cm³/mol. The van der Waals surface area contributed by atoms with Crippen LogP contribution in [0.4, 0.5) is 4.79 Å². The molecule has 1 saturated heterocycles. The molecule has 2 rings (SSSR count). The number of urea groups is 1. The molecule has 0 aliphatic carbocycles. The molecular formula is C16H22N2O2S. The van der Waals surface area contributed by atoms with E-state index >= 15 is 0 Å². The van der Waals surface area contributed by atoms with Gasteiger partial charge in [0.1, 0.15) is 6.04 Å². The molecule has 114 valence electrons. The van der Waals surface area contributed by atoms with Gasteiger partial charge in [-0.1, -0.05) is 42.1 Å². The lowest BCUT2D eigenvalue weighted by atomic mass is 10.1. The predicted octanol–water partition coefficient (Wildman–Crippen LogP) is 2.68. The number of rotatable bonds is 5. The summed E-state index contributed by atoms with van der Waals surface area (Å²) in [5, 5.41) is 2.73. The van der Waals surface area contributed by atoms with Crippen molar-refractivity contribution in [3.63, 3.8) is 0 Å². The SMILES string of the molecule is CNC(=O)N1CCCC1C(=O)SCCCc1ccccc1. The van der Waals surface area contributed by atoms with E-state index in [2.05, 4.69) is 17.4 Å². The summed E-state index contributed by atoms with van der Waals surface area (Å²) in [6, 6.07) is 9.91. The molecule has 1 atom stereocenters. The van der Waals surface area contributed by atoms with Crippen LogP contribution in [-0.2, 0) is 11.2 Å². The van der Waals surface area contributed by atoms with Crippen LogP contribution in [0.1, 0.15) is 24.8 Å². The van der Waals surface area contributed by atoms with Crippen LogP contribution in [0, 0.1) is 0 Å². The van der Waals surface area contributed by atoms with E-state index in [0.29, 0.717) is 6.54 Å². The van der Waals surface area contributed by atoms with Crippen molar-refractivity contribution >= 4 is 22.9 Å². The summed E-state index contributed by atoms with van der Waals surface area (Å²) >= 11 is 1.36. The highest BCUT2D eigenvalue weighted by atomic mass is 32.2. The van der Waals surface area contributed by atoms with E-state index < -0.39 is 0 Å². The minimum absolute atomic E-state index is 0.129. The summed E-state index contributed by atoms with van der Waals surface area (Å²) < 4.78 is 0. The normalized spacial score (nSPS) is 17.8. The molecule has 4 nitrogen and oxygen atoms in total. The summed E-state index contributed by atoms with van der Waals surface area (Å²) in [5.74, 6) is 0.811. The van der Waals surface area contributed by atoms with Crippen molar-refractivity contribution in [1.29, 1.82) is 0 Å². The topological polar surface area (TPSA) is 49.4 Å². The second-order valence-electron chi connectivity index (χ2n) is 5.16. The number of nitrogens with zero attached hydrogens (tertiary/aromatic N) is 1. The maximum absolute atomic E-state index is 12.2. The maximum atomic E-state index is 12.2. The number of amides is 2. The number of hydrogen-bond acceptors (Lipinski definition) is 3. The number of benzene rings is 1. The molecule has 1 aromatic carbocycles. The first-order chi connectivity index (χ1) is 10.2. The van der Waals surface area contributed by atoms with Crippen molar-refractivity contribution < 1.29 is 9.59 Å². The number of likely N-dealkylation sites (tertiary alicyclic amines) is 1. The van der Waals surface area contributed by atoms with E-state index in [1.165, 1.54) is 17.3 Å². The average molecular weight is 306 g/mol. The number of nitrogens with one attached hydrogen (secondary N) is 1. The number of carbonyl (C=O) groups is 2. The van der Waals surface area contributed by atoms with Crippen LogP contribution < -0.4 is 5.32 Å². The lowest BCUT2D eigenvalue weighted by molar-refractivity contribution is -0.114. The third-order valence-corrected chi connectivity index (χ3v) is 4.75. The van der Waals surface area contributed by atoms with Crippen molar-refractivity contribution in [2.24, 2.45) is 0 Å². The van der Waals surface area contributed by atoms with Crippen LogP contribution in [0.25, 0.3) is 0 Å². The van der Waals surface area contributed by atoms with Crippen LogP contribution in [0.2, 0.25) is 0 Å². The first-order valence-corrected chi connectivity index (χ1v) is 8.40. The maximum Gasteiger partial charge on any atom is 0.317 e. The molecule has 1 aliphatic rings. The van der Waals surface area contributed by atoms with Crippen molar-refractivity contribution in [1.82, 2.24) is 10.2 Å². The molecule has 0 bridgehead atoms. The fourth-order valence-corrected chi connectivity index (χ4v) is 3.52. The number of thioether (sulfide) groups is 1. The molecule has 5 heteroatoms. The second kappa shape index (κ2) is 8.08. The van der Waals surface area contributed by atoms with E-state index in [-0.39, 0.29) is 17.2 Å². The van der Waals surface area contributed by atoms with E-state index in [9.17, 15) is 9.59 Å². The van der Waals surface area contributed by atoms with E-state index in [1.807, 2.05) is 18.2 Å². The molecule has 0 radical (unpaired) electrons. The second-order valence-corrected chi connectivity index (χ2v) is 6.26. The first kappa shape index (κ1) is 15.9. The third kappa shape index (κ3) is 4.49. The minimum atomic E-state index is -0.244. The molecule has 1 N–H and O–H groups in total. The van der Waals surface area contributed by atoms with Gasteiger partial charge in [-0.05, 0) is 31.2 Å². The summed E-state index contributed by atoms with van der Waals surface area (Å²) in [6.45, 7) is 0.681. The van der Waals surface area contributed by atoms with Crippen molar-refractivity contribution in [3.8, 4) is 0 Å². The average Bonchev–Trinajstić information content (AvgIpc) is 3.01. The summed E-state index contributed by atoms with van der Waals surface area (Å²) in [5.41, 5.74) is 1.30. The fraction of sp³-hybridized carbons (Fsp3) is 0.500. The van der Waals surface area contributed by atoms with Gasteiger partial charge in [-0.25, -0.2) is 4.79 Å². The summed E-state index contributed by atoms with van der Waals surface area (Å²) in [7, 11) is 1.61. The molecule has 1 unspecified atom stereocenters. The Hall–Kier alpha value is -1.49. The fourth-order valence-electron chi connectivity index (χ4n) is 2.59. The molecule has 0 aromatic heterocycles. The molecule has 1 aromatic rings. The molecule has 2 amide bonds. The highest BCUT2D eigenvalue weighted by Crippen LogP contribution is 2.23. The van der Waals surface area contributed by atoms with Gasteiger partial charge in [0.2, 0.25) is 5.12 Å². The number of hydrogen-bond donors (Lipinski definition) is 1. The van der Waals surface area contributed by atoms with Gasteiger partial charge in [-0.2, -0.15) is 0 Å². The summed E-state index contributed by atoms with van der Waals surface area (Å²) in [4.78, 5) is 25.6. The molecule has 21 heavy (non-hydrogen) atoms. The largest absolute Gasteiger partial charge is 0.341 e. The molecule has 0 saturated carbocycles. The highest BCUT2D eigenvalue weighted by molar-refractivity contribution is 8.13. The summed E-state index contributed by atoms with van der Waals surface area (Å²) in [6.07, 6.45) is 3.67. The molecule has 0 spiro atoms. The minimum Gasteiger partial charge on any atom is -0.341 e. The standard InChI is InChI=1S/C16H22N2O2S/c1-17-16(20)18-11-5-10-14(18)15(19)21-12-6-9-13-7-3-2-4-8-13/h2-4,7-8,14H,5-6,9-12H2,1H3,(H,17,20). The third-order valence-electron chi connectivity index (χ3n) is 3.70. The zero-order valence-electron chi connectivity index (χ0n) is 12.4. The van der Waals surface area contributed by atoms with Crippen molar-refractivity contribution in [2.45, 2.75) is 31.7 Å². The Morgan fingerprint density at radius 2 is 2.10 bits per heavy atom. The number of aryl methyl sites for hydroxylation is 1. The van der Waals surface area contributed by atoms with Crippen LogP contribution in [0.3, 0.4) is 0 Å². The van der Waals surface area contributed by atoms with Crippen LogP contribution in [0.15, 0.2) is 30.3 Å². The van der Waals surface area contributed by atoms with E-state index in [4.69, 9.17) is 0 Å². The van der Waals surface area contributed by atoms with E-state index in [1.54, 1.807) is 11.9 Å². The Morgan fingerprint density at radius 1 is 1.33 bits per heavy atom. The van der Waals surface area contributed by atoms with Gasteiger partial charge in [0.15, 0.2) is 0 Å². The van der Waals surface area contributed by atoms with Gasteiger partial charge in [0.05, 0.1) is 0 Å². The Kier molecular flexibility index (Phi) is 6.11. The quantitative estimate of drug-likeness (QED) is 0.851. The Balaban J connectivity index is 1.73. The Bertz CT molecular complexity index is 478.